The quantitative estimate of drug-likeness (QED) is 0.880. The molecular weight excluding hydrogens is 268 g/mol. The molecule has 0 saturated carbocycles. The van der Waals surface area contributed by atoms with E-state index in [1.165, 1.54) is 0 Å². The van der Waals surface area contributed by atoms with E-state index in [0.717, 1.165) is 5.69 Å². The Hall–Kier alpha value is -2.82. The summed E-state index contributed by atoms with van der Waals surface area (Å²) in [5.74, 6) is 0.981. The van der Waals surface area contributed by atoms with E-state index in [1.54, 1.807) is 23.1 Å². The van der Waals surface area contributed by atoms with Crippen LogP contribution < -0.4 is 15.0 Å². The zero-order valence-electron chi connectivity index (χ0n) is 11.5. The Kier molecular flexibility index (Phi) is 3.31. The highest BCUT2D eigenvalue weighted by Crippen LogP contribution is 2.39. The van der Waals surface area contributed by atoms with Gasteiger partial charge < -0.3 is 15.0 Å². The standard InChI is InChI=1S/C16H14N2O3/c1-2-18-13-5-3-4-6-15(13)21-14-8-7-11(17-10-19)9-12(14)16(18)20/h3-10H,2H2,1H3,(H,17,19). The topological polar surface area (TPSA) is 58.6 Å². The van der Waals surface area contributed by atoms with Crippen molar-refractivity contribution in [1.29, 1.82) is 0 Å². The number of ether oxygens (including phenoxy) is 1. The molecule has 2 aromatic carbocycles. The fraction of sp³-hybridized carbons (Fsp3) is 0.125. The zero-order valence-corrected chi connectivity index (χ0v) is 11.5. The number of nitrogens with one attached hydrogen (secondary N) is 1. The first-order chi connectivity index (χ1) is 10.2. The van der Waals surface area contributed by atoms with Gasteiger partial charge in [0.2, 0.25) is 6.41 Å². The summed E-state index contributed by atoms with van der Waals surface area (Å²) in [5.41, 5.74) is 1.73. The minimum atomic E-state index is -0.146. The van der Waals surface area contributed by atoms with Crippen molar-refractivity contribution < 1.29 is 14.3 Å². The molecule has 0 fully saturated rings. The highest BCUT2D eigenvalue weighted by Gasteiger charge is 2.27. The maximum Gasteiger partial charge on any atom is 0.262 e. The lowest BCUT2D eigenvalue weighted by molar-refractivity contribution is -0.105. The molecule has 0 bridgehead atoms. The third-order valence-corrected chi connectivity index (χ3v) is 3.37. The second-order valence-corrected chi connectivity index (χ2v) is 4.59. The summed E-state index contributed by atoms with van der Waals surface area (Å²) in [6.07, 6.45) is 0.579. The van der Waals surface area contributed by atoms with Crippen LogP contribution in [0.4, 0.5) is 11.4 Å². The number of amides is 2. The number of hydrogen-bond acceptors (Lipinski definition) is 3. The van der Waals surface area contributed by atoms with Crippen molar-refractivity contribution in [3.05, 3.63) is 48.0 Å². The van der Waals surface area contributed by atoms with Crippen molar-refractivity contribution in [2.75, 3.05) is 16.8 Å². The second kappa shape index (κ2) is 5.28. The van der Waals surface area contributed by atoms with E-state index < -0.39 is 0 Å². The molecular formula is C16H14N2O3. The molecule has 5 heteroatoms. The number of rotatable bonds is 3. The van der Waals surface area contributed by atoms with Crippen molar-refractivity contribution in [3.8, 4) is 11.5 Å². The van der Waals surface area contributed by atoms with Gasteiger partial charge in [-0.1, -0.05) is 12.1 Å². The molecule has 106 valence electrons. The Bertz CT molecular complexity index is 712. The highest BCUT2D eigenvalue weighted by molar-refractivity contribution is 6.10. The highest BCUT2D eigenvalue weighted by atomic mass is 16.5. The first-order valence-electron chi connectivity index (χ1n) is 6.67. The van der Waals surface area contributed by atoms with Crippen molar-refractivity contribution in [1.82, 2.24) is 0 Å². The molecule has 2 aromatic rings. The van der Waals surface area contributed by atoms with Gasteiger partial charge in [-0.25, -0.2) is 0 Å². The molecule has 0 unspecified atom stereocenters. The molecule has 0 saturated heterocycles. The summed E-state index contributed by atoms with van der Waals surface area (Å²) in [7, 11) is 0. The Morgan fingerprint density at radius 3 is 2.76 bits per heavy atom. The Balaban J connectivity index is 2.15. The number of fused-ring (bicyclic) bond motifs is 2. The molecule has 1 N–H and O–H groups in total. The molecule has 0 aromatic heterocycles. The number of para-hydroxylation sites is 2. The van der Waals surface area contributed by atoms with Gasteiger partial charge in [0.15, 0.2) is 5.75 Å². The van der Waals surface area contributed by atoms with Gasteiger partial charge in [0.25, 0.3) is 5.91 Å². The predicted octanol–water partition coefficient (Wildman–Crippen LogP) is 3.03. The molecule has 21 heavy (non-hydrogen) atoms. The van der Waals surface area contributed by atoms with Crippen LogP contribution in [0.1, 0.15) is 17.3 Å². The van der Waals surface area contributed by atoms with Crippen LogP contribution in [0.5, 0.6) is 11.5 Å². The molecule has 1 heterocycles. The van der Waals surface area contributed by atoms with Crippen molar-refractivity contribution in [2.45, 2.75) is 6.92 Å². The van der Waals surface area contributed by atoms with Crippen LogP contribution in [0.25, 0.3) is 0 Å². The van der Waals surface area contributed by atoms with Gasteiger partial charge in [-0.3, -0.25) is 9.59 Å². The van der Waals surface area contributed by atoms with E-state index in [1.807, 2.05) is 31.2 Å². The second-order valence-electron chi connectivity index (χ2n) is 4.59. The predicted molar refractivity (Wildman–Crippen MR) is 80.0 cm³/mol. The first-order valence-corrected chi connectivity index (χ1v) is 6.67. The molecule has 5 nitrogen and oxygen atoms in total. The average molecular weight is 282 g/mol. The number of carbonyl (C=O) groups is 2. The van der Waals surface area contributed by atoms with E-state index >= 15 is 0 Å². The van der Waals surface area contributed by atoms with E-state index in [0.29, 0.717) is 35.7 Å². The number of hydrogen-bond donors (Lipinski definition) is 1. The largest absolute Gasteiger partial charge is 0.454 e. The lowest BCUT2D eigenvalue weighted by atomic mass is 10.1. The first kappa shape index (κ1) is 13.2. The van der Waals surface area contributed by atoms with Gasteiger partial charge in [-0.2, -0.15) is 0 Å². The molecule has 1 aliphatic heterocycles. The van der Waals surface area contributed by atoms with Crippen molar-refractivity contribution in [2.24, 2.45) is 0 Å². The Morgan fingerprint density at radius 2 is 2.00 bits per heavy atom. The van der Waals surface area contributed by atoms with E-state index in [2.05, 4.69) is 5.32 Å². The minimum absolute atomic E-state index is 0.146. The van der Waals surface area contributed by atoms with Crippen LogP contribution >= 0.6 is 0 Å². The van der Waals surface area contributed by atoms with E-state index in [9.17, 15) is 9.59 Å². The van der Waals surface area contributed by atoms with E-state index in [4.69, 9.17) is 4.74 Å². The molecule has 0 aliphatic carbocycles. The molecule has 0 atom stereocenters. The third kappa shape index (κ3) is 2.23. The van der Waals surface area contributed by atoms with Crippen LogP contribution in [0.3, 0.4) is 0 Å². The zero-order chi connectivity index (χ0) is 14.8. The summed E-state index contributed by atoms with van der Waals surface area (Å²) in [6, 6.07) is 12.4. The molecule has 0 radical (unpaired) electrons. The van der Waals surface area contributed by atoms with Crippen LogP contribution in [0.2, 0.25) is 0 Å². The van der Waals surface area contributed by atoms with Gasteiger partial charge in [0.1, 0.15) is 5.75 Å². The number of anilines is 2. The third-order valence-electron chi connectivity index (χ3n) is 3.37. The van der Waals surface area contributed by atoms with Gasteiger partial charge in [0, 0.05) is 12.2 Å². The smallest absolute Gasteiger partial charge is 0.262 e. The summed E-state index contributed by atoms with van der Waals surface area (Å²) in [4.78, 5) is 24.9. The molecule has 1 aliphatic rings. The normalized spacial score (nSPS) is 12.8. The summed E-state index contributed by atoms with van der Waals surface area (Å²) in [6.45, 7) is 2.44. The SMILES string of the molecule is CCN1C(=O)c2cc(NC=O)ccc2Oc2ccccc21. The lowest BCUT2D eigenvalue weighted by Gasteiger charge is -2.19. The number of carbonyl (C=O) groups excluding carboxylic acids is 2. The van der Waals surface area contributed by atoms with Crippen LogP contribution in [-0.4, -0.2) is 18.9 Å². The monoisotopic (exact) mass is 282 g/mol. The molecule has 2 amide bonds. The Labute approximate surface area is 122 Å². The minimum Gasteiger partial charge on any atom is -0.454 e. The Morgan fingerprint density at radius 1 is 1.19 bits per heavy atom. The van der Waals surface area contributed by atoms with Crippen LogP contribution in [0, 0.1) is 0 Å². The van der Waals surface area contributed by atoms with E-state index in [-0.39, 0.29) is 5.91 Å². The van der Waals surface area contributed by atoms with Crippen LogP contribution in [-0.2, 0) is 4.79 Å². The molecule has 3 rings (SSSR count). The number of nitrogens with zero attached hydrogens (tertiary/aromatic N) is 1. The van der Waals surface area contributed by atoms with Gasteiger partial charge in [-0.05, 0) is 37.3 Å². The molecule has 0 spiro atoms. The number of benzene rings is 2. The fourth-order valence-electron chi connectivity index (χ4n) is 2.40. The fourth-order valence-corrected chi connectivity index (χ4v) is 2.40. The summed E-state index contributed by atoms with van der Waals surface area (Å²) >= 11 is 0. The van der Waals surface area contributed by atoms with Gasteiger partial charge in [-0.15, -0.1) is 0 Å². The van der Waals surface area contributed by atoms with Crippen molar-refractivity contribution in [3.63, 3.8) is 0 Å². The van der Waals surface area contributed by atoms with Gasteiger partial charge in [0.05, 0.1) is 11.3 Å². The summed E-state index contributed by atoms with van der Waals surface area (Å²) in [5, 5.41) is 2.55. The average Bonchev–Trinajstić information content (AvgIpc) is 2.62. The van der Waals surface area contributed by atoms with Crippen LogP contribution in [0.15, 0.2) is 42.5 Å². The maximum atomic E-state index is 12.7. The van der Waals surface area contributed by atoms with Gasteiger partial charge >= 0.3 is 0 Å². The maximum absolute atomic E-state index is 12.7. The summed E-state index contributed by atoms with van der Waals surface area (Å²) < 4.78 is 5.86. The van der Waals surface area contributed by atoms with Crippen molar-refractivity contribution >= 4 is 23.7 Å². The lowest BCUT2D eigenvalue weighted by Crippen LogP contribution is -2.29.